The van der Waals surface area contributed by atoms with E-state index in [0.717, 1.165) is 32.3 Å². The van der Waals surface area contributed by atoms with Crippen LogP contribution in [0.2, 0.25) is 5.02 Å². The molecule has 0 spiro atoms. The summed E-state index contributed by atoms with van der Waals surface area (Å²) >= 11 is 7.54. The van der Waals surface area contributed by atoms with Gasteiger partial charge in [0.1, 0.15) is 0 Å². The van der Waals surface area contributed by atoms with Gasteiger partial charge in [-0.05, 0) is 86.8 Å². The van der Waals surface area contributed by atoms with Crippen LogP contribution in [-0.2, 0) is 16.6 Å². The van der Waals surface area contributed by atoms with Crippen LogP contribution in [-0.4, -0.2) is 36.0 Å². The Bertz CT molecular complexity index is 2090. The summed E-state index contributed by atoms with van der Waals surface area (Å²) in [4.78, 5) is 31.4. The number of pyridine rings is 1. The molecule has 3 aromatic carbocycles. The number of thiazole rings is 1. The van der Waals surface area contributed by atoms with Crippen molar-refractivity contribution >= 4 is 50.0 Å². The number of hydrogen-bond donors (Lipinski definition) is 1. The summed E-state index contributed by atoms with van der Waals surface area (Å²) in [6.45, 7) is 7.34. The molecular weight excluding hydrogens is 584 g/mol. The van der Waals surface area contributed by atoms with E-state index in [1.807, 2.05) is 77.2 Å². The van der Waals surface area contributed by atoms with Gasteiger partial charge in [-0.2, -0.15) is 5.10 Å². The van der Waals surface area contributed by atoms with Gasteiger partial charge in [-0.15, -0.1) is 0 Å². The summed E-state index contributed by atoms with van der Waals surface area (Å²) in [6.07, 6.45) is 2.25. The first-order chi connectivity index (χ1) is 20.4. The smallest absolute Gasteiger partial charge is 0.337 e. The third-order valence-corrected chi connectivity index (χ3v) is 8.56. The van der Waals surface area contributed by atoms with Gasteiger partial charge in [0.25, 0.3) is 5.56 Å². The number of aromatic nitrogens is 4. The Balaban J connectivity index is 1.57. The Labute approximate surface area is 256 Å². The van der Waals surface area contributed by atoms with Crippen LogP contribution in [0.25, 0.3) is 48.5 Å². The number of nitrogens with zero attached hydrogens (tertiary/aromatic N) is 4. The molecule has 6 aromatic rings. The van der Waals surface area contributed by atoms with Crippen LogP contribution in [0.1, 0.15) is 38.0 Å². The molecule has 0 aliphatic heterocycles. The maximum atomic E-state index is 13.9. The van der Waals surface area contributed by atoms with E-state index in [0.29, 0.717) is 32.4 Å². The van der Waals surface area contributed by atoms with Crippen molar-refractivity contribution in [2.45, 2.75) is 39.4 Å². The van der Waals surface area contributed by atoms with Gasteiger partial charge in [0.15, 0.2) is 11.2 Å². The molecule has 8 nitrogen and oxygen atoms in total. The van der Waals surface area contributed by atoms with Crippen LogP contribution in [0.3, 0.4) is 0 Å². The average molecular weight is 613 g/mol. The van der Waals surface area contributed by atoms with Crippen LogP contribution in [0.15, 0.2) is 77.9 Å². The summed E-state index contributed by atoms with van der Waals surface area (Å²) < 4.78 is 10.2. The number of halogens is 1. The zero-order valence-corrected chi connectivity index (χ0v) is 25.8. The molecule has 43 heavy (non-hydrogen) atoms. The molecule has 0 saturated carbocycles. The lowest BCUT2D eigenvalue weighted by Gasteiger charge is -2.28. The lowest BCUT2D eigenvalue weighted by atomic mass is 9.91. The van der Waals surface area contributed by atoms with Crippen LogP contribution in [0, 0.1) is 6.92 Å². The van der Waals surface area contributed by atoms with E-state index >= 15 is 0 Å². The fourth-order valence-corrected chi connectivity index (χ4v) is 6.56. The van der Waals surface area contributed by atoms with Gasteiger partial charge in [0.05, 0.1) is 27.5 Å². The fraction of sp³-hybridized carbons (Fsp3) is 0.212. The van der Waals surface area contributed by atoms with E-state index in [-0.39, 0.29) is 5.56 Å². The summed E-state index contributed by atoms with van der Waals surface area (Å²) in [5.41, 5.74) is 4.74. The number of ether oxygens (including phenoxy) is 1. The topological polar surface area (TPSA) is 99.2 Å². The number of hydrogen-bond acceptors (Lipinski definition) is 6. The van der Waals surface area contributed by atoms with Crippen molar-refractivity contribution in [3.63, 3.8) is 0 Å². The molecule has 6 rings (SSSR count). The molecule has 0 unspecified atom stereocenters. The highest BCUT2D eigenvalue weighted by Crippen LogP contribution is 2.43. The monoisotopic (exact) mass is 612 g/mol. The van der Waals surface area contributed by atoms with Crippen molar-refractivity contribution in [2.24, 2.45) is 7.05 Å². The summed E-state index contributed by atoms with van der Waals surface area (Å²) in [7, 11) is 1.88. The molecule has 0 radical (unpaired) electrons. The highest BCUT2D eigenvalue weighted by Gasteiger charge is 2.32. The number of aryl methyl sites for hydroxylation is 2. The molecule has 3 aromatic heterocycles. The first kappa shape index (κ1) is 28.8. The molecule has 0 saturated heterocycles. The highest BCUT2D eigenvalue weighted by molar-refractivity contribution is 7.21. The Morgan fingerprint density at radius 1 is 1.07 bits per heavy atom. The molecule has 0 fully saturated rings. The first-order valence-corrected chi connectivity index (χ1v) is 14.9. The third kappa shape index (κ3) is 5.35. The Morgan fingerprint density at radius 2 is 1.79 bits per heavy atom. The second-order valence-electron chi connectivity index (χ2n) is 11.4. The molecule has 0 aliphatic carbocycles. The highest BCUT2D eigenvalue weighted by atomic mass is 35.5. The Morgan fingerprint density at radius 3 is 2.49 bits per heavy atom. The molecule has 10 heteroatoms. The minimum absolute atomic E-state index is 0.214. The van der Waals surface area contributed by atoms with E-state index < -0.39 is 17.7 Å². The molecule has 1 atom stereocenters. The van der Waals surface area contributed by atoms with E-state index in [1.54, 1.807) is 35.3 Å². The lowest BCUT2D eigenvalue weighted by molar-refractivity contribution is -0.160. The number of benzene rings is 3. The predicted molar refractivity (Wildman–Crippen MR) is 171 cm³/mol. The van der Waals surface area contributed by atoms with Crippen LogP contribution in [0.5, 0.6) is 0 Å². The molecule has 0 amide bonds. The standard InChI is InChI=1S/C33H29ClN4O4S/c1-18-15-24-29(27(19-8-11-22(34)12-9-19)26(18)28(31(40)41)42-33(2,3)4)43-32(36-24)38-14-6-7-23(30(38)39)20-10-13-25-21(16-20)17-35-37(25)5/h6-17,28H,1-5H3,(H,40,41)/t28-/m0/s1. The van der Waals surface area contributed by atoms with Crippen molar-refractivity contribution in [2.75, 3.05) is 0 Å². The van der Waals surface area contributed by atoms with Gasteiger partial charge in [0.2, 0.25) is 0 Å². The van der Waals surface area contributed by atoms with Crippen LogP contribution < -0.4 is 5.56 Å². The summed E-state index contributed by atoms with van der Waals surface area (Å²) in [5, 5.41) is 16.6. The SMILES string of the molecule is Cc1cc2nc(-n3cccc(-c4ccc5c(cnn5C)c4)c3=O)sc2c(-c2ccc(Cl)cc2)c1[C@H](OC(C)(C)C)C(=O)O. The summed E-state index contributed by atoms with van der Waals surface area (Å²) in [6, 6.07) is 18.6. The van der Waals surface area contributed by atoms with E-state index in [9.17, 15) is 14.7 Å². The van der Waals surface area contributed by atoms with Crippen molar-refractivity contribution in [1.29, 1.82) is 0 Å². The van der Waals surface area contributed by atoms with Gasteiger partial charge >= 0.3 is 5.97 Å². The minimum atomic E-state index is -1.23. The lowest BCUT2D eigenvalue weighted by Crippen LogP contribution is -2.28. The Hall–Kier alpha value is -4.31. The molecule has 0 aliphatic rings. The number of rotatable bonds is 6. The maximum absolute atomic E-state index is 13.9. The van der Waals surface area contributed by atoms with E-state index in [2.05, 4.69) is 5.10 Å². The molecule has 1 N–H and O–H groups in total. The van der Waals surface area contributed by atoms with Gasteiger partial charge in [-0.3, -0.25) is 14.0 Å². The number of carboxylic acid groups (broad SMARTS) is 1. The molecule has 218 valence electrons. The number of aliphatic carboxylic acids is 1. The second-order valence-corrected chi connectivity index (χ2v) is 12.8. The molecule has 3 heterocycles. The maximum Gasteiger partial charge on any atom is 0.337 e. The van der Waals surface area contributed by atoms with Crippen molar-refractivity contribution in [3.05, 3.63) is 99.6 Å². The number of carboxylic acids is 1. The van der Waals surface area contributed by atoms with Crippen molar-refractivity contribution in [1.82, 2.24) is 19.3 Å². The summed E-state index contributed by atoms with van der Waals surface area (Å²) in [5.74, 6) is -1.09. The largest absolute Gasteiger partial charge is 0.479 e. The molecular formula is C33H29ClN4O4S. The molecule has 0 bridgehead atoms. The zero-order chi connectivity index (χ0) is 30.6. The second kappa shape index (κ2) is 10.8. The van der Waals surface area contributed by atoms with Gasteiger partial charge in [0, 0.05) is 40.3 Å². The van der Waals surface area contributed by atoms with E-state index in [4.69, 9.17) is 21.3 Å². The fourth-order valence-electron chi connectivity index (χ4n) is 5.33. The van der Waals surface area contributed by atoms with Crippen LogP contribution >= 0.6 is 22.9 Å². The predicted octanol–water partition coefficient (Wildman–Crippen LogP) is 7.57. The third-order valence-electron chi connectivity index (χ3n) is 7.22. The average Bonchev–Trinajstić information content (AvgIpc) is 3.54. The first-order valence-electron chi connectivity index (χ1n) is 13.7. The number of fused-ring (bicyclic) bond motifs is 2. The van der Waals surface area contributed by atoms with Crippen molar-refractivity contribution < 1.29 is 14.6 Å². The van der Waals surface area contributed by atoms with Gasteiger partial charge in [-0.25, -0.2) is 9.78 Å². The quantitative estimate of drug-likeness (QED) is 0.208. The van der Waals surface area contributed by atoms with E-state index in [1.165, 1.54) is 15.9 Å². The van der Waals surface area contributed by atoms with Gasteiger partial charge in [-0.1, -0.05) is 41.1 Å². The zero-order valence-electron chi connectivity index (χ0n) is 24.3. The van der Waals surface area contributed by atoms with Crippen molar-refractivity contribution in [3.8, 4) is 27.4 Å². The van der Waals surface area contributed by atoms with Gasteiger partial charge < -0.3 is 9.84 Å². The number of carbonyl (C=O) groups is 1. The Kier molecular flexibility index (Phi) is 7.20. The minimum Gasteiger partial charge on any atom is -0.479 e. The normalized spacial score (nSPS) is 12.7. The van der Waals surface area contributed by atoms with Crippen LogP contribution in [0.4, 0.5) is 0 Å².